The number of nitrogens with zero attached hydrogens (tertiary/aromatic N) is 2. The van der Waals surface area contributed by atoms with Gasteiger partial charge in [-0.2, -0.15) is 0 Å². The van der Waals surface area contributed by atoms with E-state index in [-0.39, 0.29) is 40.9 Å². The van der Waals surface area contributed by atoms with Crippen LogP contribution in [0.4, 0.5) is 5.69 Å². The number of rotatable bonds is 6. The Morgan fingerprint density at radius 2 is 1.64 bits per heavy atom. The maximum atomic E-state index is 13.4. The van der Waals surface area contributed by atoms with Gasteiger partial charge in [-0.05, 0) is 68.5 Å². The Morgan fingerprint density at radius 1 is 1.04 bits per heavy atom. The van der Waals surface area contributed by atoms with Crippen LogP contribution in [0, 0.1) is 29.1 Å². The molecule has 150 valence electrons. The Labute approximate surface area is 175 Å². The van der Waals surface area contributed by atoms with Crippen LogP contribution in [-0.2, 0) is 9.59 Å². The highest BCUT2D eigenvalue weighted by molar-refractivity contribution is 9.10. The summed E-state index contributed by atoms with van der Waals surface area (Å²) < 4.78 is 0.973. The second-order valence-corrected chi connectivity index (χ2v) is 9.70. The molecule has 3 aliphatic rings. The number of carbonyl (C=O) groups is 2. The lowest BCUT2D eigenvalue weighted by Gasteiger charge is -2.30. The molecule has 5 nitrogen and oxygen atoms in total. The third-order valence-electron chi connectivity index (χ3n) is 6.80. The molecule has 0 aromatic heterocycles. The summed E-state index contributed by atoms with van der Waals surface area (Å²) in [5, 5.41) is 3.06. The number of anilines is 1. The van der Waals surface area contributed by atoms with E-state index in [1.54, 1.807) is 0 Å². The molecule has 2 bridgehead atoms. The summed E-state index contributed by atoms with van der Waals surface area (Å²) >= 11 is 3.42. The van der Waals surface area contributed by atoms with Crippen molar-refractivity contribution in [1.29, 1.82) is 0 Å². The number of amides is 2. The Hall–Kier alpha value is -1.66. The minimum absolute atomic E-state index is 0.0233. The van der Waals surface area contributed by atoms with Gasteiger partial charge in [-0.15, -0.1) is 0 Å². The lowest BCUT2D eigenvalue weighted by molar-refractivity contribution is -0.140. The highest BCUT2D eigenvalue weighted by Crippen LogP contribution is 2.72. The minimum atomic E-state index is -0.282. The minimum Gasteiger partial charge on any atom is -0.344 e. The number of halogens is 1. The second-order valence-electron chi connectivity index (χ2n) is 8.78. The van der Waals surface area contributed by atoms with Crippen LogP contribution in [0.3, 0.4) is 0 Å². The average Bonchev–Trinajstić information content (AvgIpc) is 3.33. The van der Waals surface area contributed by atoms with E-state index in [9.17, 15) is 9.59 Å². The van der Waals surface area contributed by atoms with E-state index >= 15 is 0 Å². The summed E-state index contributed by atoms with van der Waals surface area (Å²) in [4.78, 5) is 30.5. The molecule has 0 radical (unpaired) electrons. The summed E-state index contributed by atoms with van der Waals surface area (Å²) in [5.41, 5.74) is 0.932. The lowest BCUT2D eigenvalue weighted by atomic mass is 9.81. The first-order valence-corrected chi connectivity index (χ1v) is 10.8. The molecule has 4 rings (SSSR count). The fourth-order valence-corrected chi connectivity index (χ4v) is 5.43. The van der Waals surface area contributed by atoms with Gasteiger partial charge >= 0.3 is 0 Å². The molecule has 1 aromatic carbocycles. The molecular formula is C22H28BrN3O2. The smallest absolute Gasteiger partial charge is 0.228 e. The van der Waals surface area contributed by atoms with Crippen LogP contribution in [0.2, 0.25) is 0 Å². The maximum absolute atomic E-state index is 13.4. The van der Waals surface area contributed by atoms with Crippen molar-refractivity contribution < 1.29 is 9.59 Å². The topological polar surface area (TPSA) is 52.7 Å². The van der Waals surface area contributed by atoms with Gasteiger partial charge in [0, 0.05) is 30.3 Å². The van der Waals surface area contributed by atoms with Crippen LogP contribution in [0.1, 0.15) is 12.8 Å². The molecule has 4 atom stereocenters. The van der Waals surface area contributed by atoms with Crippen molar-refractivity contribution in [3.8, 4) is 0 Å². The molecule has 6 heteroatoms. The molecule has 0 saturated heterocycles. The molecule has 1 N–H and O–H groups in total. The van der Waals surface area contributed by atoms with Crippen LogP contribution >= 0.6 is 15.9 Å². The van der Waals surface area contributed by atoms with E-state index in [1.807, 2.05) is 50.3 Å². The van der Waals surface area contributed by atoms with Gasteiger partial charge in [-0.1, -0.05) is 28.1 Å². The van der Waals surface area contributed by atoms with E-state index in [0.717, 1.165) is 29.5 Å². The van der Waals surface area contributed by atoms with Crippen LogP contribution in [0.5, 0.6) is 0 Å². The molecule has 28 heavy (non-hydrogen) atoms. The first-order valence-electron chi connectivity index (χ1n) is 9.98. The van der Waals surface area contributed by atoms with Crippen molar-refractivity contribution >= 4 is 33.4 Å². The molecule has 3 aliphatic carbocycles. The van der Waals surface area contributed by atoms with Crippen LogP contribution < -0.4 is 5.32 Å². The summed E-state index contributed by atoms with van der Waals surface area (Å²) in [6, 6.07) is 7.60. The van der Waals surface area contributed by atoms with Crippen molar-refractivity contribution in [2.75, 3.05) is 39.5 Å². The van der Waals surface area contributed by atoms with Gasteiger partial charge in [-0.3, -0.25) is 9.59 Å². The third-order valence-corrected chi connectivity index (χ3v) is 7.33. The zero-order chi connectivity index (χ0) is 20.1. The largest absolute Gasteiger partial charge is 0.344 e. The molecule has 0 heterocycles. The Morgan fingerprint density at radius 3 is 2.21 bits per heavy atom. The standard InChI is InChI=1S/C22H28BrN3O2/c1-25(2)12-13-26(3)21(28)19-17-9-8-16(22(17)10-11-22)18(19)20(27)24-15-6-4-14(23)5-7-15/h4-9,16-19H,10-13H2,1-3H3,(H,24,27)/t16?,17?,18-,19-/m1/s1. The predicted octanol–water partition coefficient (Wildman–Crippen LogP) is 3.24. The van der Waals surface area contributed by atoms with E-state index in [2.05, 4.69) is 38.3 Å². The Balaban J connectivity index is 1.55. The molecule has 2 fully saturated rings. The molecule has 2 unspecified atom stereocenters. The van der Waals surface area contributed by atoms with Gasteiger partial charge in [0.05, 0.1) is 11.8 Å². The number of carbonyl (C=O) groups excluding carboxylic acids is 2. The second kappa shape index (κ2) is 7.30. The zero-order valence-corrected chi connectivity index (χ0v) is 18.3. The van der Waals surface area contributed by atoms with E-state index in [4.69, 9.17) is 0 Å². The quantitative estimate of drug-likeness (QED) is 0.683. The normalized spacial score (nSPS) is 28.8. The number of hydrogen-bond acceptors (Lipinski definition) is 3. The van der Waals surface area contributed by atoms with Gasteiger partial charge < -0.3 is 15.1 Å². The molecule has 1 spiro atoms. The Bertz CT molecular complexity index is 801. The zero-order valence-electron chi connectivity index (χ0n) is 16.7. The molecule has 2 amide bonds. The number of likely N-dealkylation sites (N-methyl/N-ethyl adjacent to an activating group) is 2. The van der Waals surface area contributed by atoms with Crippen LogP contribution in [0.25, 0.3) is 0 Å². The maximum Gasteiger partial charge on any atom is 0.228 e. The first-order chi connectivity index (χ1) is 13.3. The predicted molar refractivity (Wildman–Crippen MR) is 114 cm³/mol. The summed E-state index contributed by atoms with van der Waals surface area (Å²) in [6.45, 7) is 1.50. The highest BCUT2D eigenvalue weighted by atomic mass is 79.9. The lowest BCUT2D eigenvalue weighted by Crippen LogP contribution is -2.44. The van der Waals surface area contributed by atoms with Gasteiger partial charge in [0.2, 0.25) is 11.8 Å². The van der Waals surface area contributed by atoms with Gasteiger partial charge in [-0.25, -0.2) is 0 Å². The molecule has 0 aliphatic heterocycles. The van der Waals surface area contributed by atoms with Gasteiger partial charge in [0.15, 0.2) is 0 Å². The summed E-state index contributed by atoms with van der Waals surface area (Å²) in [5.74, 6) is -0.0575. The van der Waals surface area contributed by atoms with Crippen LogP contribution in [-0.4, -0.2) is 55.8 Å². The first kappa shape index (κ1) is 19.6. The van der Waals surface area contributed by atoms with Crippen molar-refractivity contribution in [2.24, 2.45) is 29.1 Å². The van der Waals surface area contributed by atoms with Crippen molar-refractivity contribution in [3.05, 3.63) is 40.9 Å². The van der Waals surface area contributed by atoms with Crippen LogP contribution in [0.15, 0.2) is 40.9 Å². The fourth-order valence-electron chi connectivity index (χ4n) is 5.16. The summed E-state index contributed by atoms with van der Waals surface area (Å²) in [7, 11) is 5.88. The van der Waals surface area contributed by atoms with Crippen molar-refractivity contribution in [2.45, 2.75) is 12.8 Å². The monoisotopic (exact) mass is 445 g/mol. The van der Waals surface area contributed by atoms with Crippen molar-refractivity contribution in [1.82, 2.24) is 9.80 Å². The van der Waals surface area contributed by atoms with E-state index in [1.165, 1.54) is 0 Å². The number of allylic oxidation sites excluding steroid dienone is 2. The number of hydrogen-bond donors (Lipinski definition) is 1. The fraction of sp³-hybridized carbons (Fsp3) is 0.545. The number of benzene rings is 1. The molecular weight excluding hydrogens is 418 g/mol. The summed E-state index contributed by atoms with van der Waals surface area (Å²) in [6.07, 6.45) is 6.67. The highest BCUT2D eigenvalue weighted by Gasteiger charge is 2.70. The van der Waals surface area contributed by atoms with E-state index in [0.29, 0.717) is 6.54 Å². The third kappa shape index (κ3) is 3.30. The SMILES string of the molecule is CN(C)CCN(C)C(=O)[C@@H]1C2C=CC([C@H]1C(=O)Nc1ccc(Br)cc1)C21CC1. The van der Waals surface area contributed by atoms with Gasteiger partial charge in [0.25, 0.3) is 0 Å². The number of nitrogens with one attached hydrogen (secondary N) is 1. The molecule has 1 aromatic rings. The Kier molecular flexibility index (Phi) is 5.12. The van der Waals surface area contributed by atoms with Gasteiger partial charge in [0.1, 0.15) is 0 Å². The molecule has 2 saturated carbocycles. The van der Waals surface area contributed by atoms with Crippen molar-refractivity contribution in [3.63, 3.8) is 0 Å². The average molecular weight is 446 g/mol. The van der Waals surface area contributed by atoms with E-state index < -0.39 is 0 Å².